The molecule has 0 N–H and O–H groups in total. The van der Waals surface area contributed by atoms with Gasteiger partial charge in [-0.15, -0.1) is 0 Å². The maximum Gasteiger partial charge on any atom is 0.266 e. The topological polar surface area (TPSA) is 41.8 Å². The number of amidine groups is 1. The smallest absolute Gasteiger partial charge is 0.266 e. The molecule has 3 nitrogen and oxygen atoms in total. The van der Waals surface area contributed by atoms with Crippen molar-refractivity contribution < 1.29 is 4.79 Å². The van der Waals surface area contributed by atoms with E-state index in [0.29, 0.717) is 5.84 Å². The van der Waals surface area contributed by atoms with Gasteiger partial charge in [0, 0.05) is 11.6 Å². The summed E-state index contributed by atoms with van der Waals surface area (Å²) < 4.78 is -0.162. The monoisotopic (exact) mass is 278 g/mol. The lowest BCUT2D eigenvalue weighted by Crippen LogP contribution is -2.28. The minimum absolute atomic E-state index is 0.0770. The predicted octanol–water partition coefficient (Wildman–Crippen LogP) is 1.85. The van der Waals surface area contributed by atoms with Crippen LogP contribution in [0.1, 0.15) is 20.8 Å². The number of carbonyl (C=O) groups excluding carboxylic acids is 1. The molecule has 1 unspecified atom stereocenters. The molecule has 0 aromatic carbocycles. The largest absolute Gasteiger partial charge is 0.271 e. The van der Waals surface area contributed by atoms with Crippen LogP contribution in [-0.2, 0) is 4.79 Å². The summed E-state index contributed by atoms with van der Waals surface area (Å²) in [7, 11) is 0. The van der Waals surface area contributed by atoms with Crippen LogP contribution in [0, 0.1) is 5.92 Å². The number of amides is 1. The summed E-state index contributed by atoms with van der Waals surface area (Å²) >= 11 is 2.05. The van der Waals surface area contributed by atoms with Gasteiger partial charge in [-0.05, 0) is 6.92 Å². The van der Waals surface area contributed by atoms with E-state index < -0.39 is 0 Å². The Hall–Kier alpha value is -0.260. The van der Waals surface area contributed by atoms with Gasteiger partial charge in [-0.1, -0.05) is 36.4 Å². The van der Waals surface area contributed by atoms with Crippen LogP contribution < -0.4 is 0 Å². The first-order valence-electron chi connectivity index (χ1n) is 3.84. The van der Waals surface area contributed by atoms with Crippen molar-refractivity contribution in [3.63, 3.8) is 0 Å². The van der Waals surface area contributed by atoms with Gasteiger partial charge in [0.25, 0.3) is 5.91 Å². The summed E-state index contributed by atoms with van der Waals surface area (Å²) in [5, 5.41) is 0. The summed E-state index contributed by atoms with van der Waals surface area (Å²) in [4.78, 5) is 19.4. The van der Waals surface area contributed by atoms with Gasteiger partial charge in [0.1, 0.15) is 9.76 Å². The maximum atomic E-state index is 11.2. The third-order valence-electron chi connectivity index (χ3n) is 1.62. The lowest BCUT2D eigenvalue weighted by Gasteiger charge is -2.14. The second-order valence-electron chi connectivity index (χ2n) is 3.08. The third kappa shape index (κ3) is 1.91. The molecule has 1 aliphatic rings. The zero-order valence-corrected chi connectivity index (χ0v) is 9.49. The molecule has 0 aliphatic carbocycles. The maximum absolute atomic E-state index is 11.2. The van der Waals surface area contributed by atoms with Gasteiger partial charge in [0.15, 0.2) is 0 Å². The first kappa shape index (κ1) is 9.83. The van der Waals surface area contributed by atoms with E-state index in [2.05, 4.69) is 32.6 Å². The first-order chi connectivity index (χ1) is 5.52. The molecule has 0 fully saturated rings. The predicted molar refractivity (Wildman–Crippen MR) is 58.2 cm³/mol. The van der Waals surface area contributed by atoms with Gasteiger partial charge in [-0.25, -0.2) is 4.99 Å². The van der Waals surface area contributed by atoms with E-state index in [1.165, 1.54) is 0 Å². The summed E-state index contributed by atoms with van der Waals surface area (Å²) in [5.74, 6) is 0.810. The van der Waals surface area contributed by atoms with Gasteiger partial charge in [-0.2, -0.15) is 4.99 Å². The zero-order valence-electron chi connectivity index (χ0n) is 7.34. The number of carbonyl (C=O) groups is 1. The molecule has 0 saturated carbocycles. The number of hydrogen-bond acceptors (Lipinski definition) is 2. The summed E-state index contributed by atoms with van der Waals surface area (Å²) in [6.07, 6.45) is 0. The minimum Gasteiger partial charge on any atom is -0.271 e. The number of aliphatic imine (C=N–C) groups is 2. The summed E-state index contributed by atoms with van der Waals surface area (Å²) in [6, 6.07) is 0. The molecule has 12 heavy (non-hydrogen) atoms. The molecule has 0 spiro atoms. The van der Waals surface area contributed by atoms with E-state index in [9.17, 15) is 4.79 Å². The molecule has 0 saturated heterocycles. The van der Waals surface area contributed by atoms with Crippen LogP contribution >= 0.6 is 22.6 Å². The van der Waals surface area contributed by atoms with Crippen molar-refractivity contribution in [1.29, 1.82) is 0 Å². The molecule has 1 rings (SSSR count). The number of rotatable bonds is 1. The average Bonchev–Trinajstić information content (AvgIpc) is 1.99. The van der Waals surface area contributed by atoms with Crippen molar-refractivity contribution in [1.82, 2.24) is 0 Å². The van der Waals surface area contributed by atoms with Crippen molar-refractivity contribution in [2.24, 2.45) is 15.9 Å². The molecule has 4 heteroatoms. The highest BCUT2D eigenvalue weighted by atomic mass is 127. The number of nitrogens with zero attached hydrogens (tertiary/aromatic N) is 2. The van der Waals surface area contributed by atoms with E-state index in [4.69, 9.17) is 0 Å². The third-order valence-corrected chi connectivity index (χ3v) is 3.05. The molecular formula is C8H11IN2O. The molecule has 1 heterocycles. The Morgan fingerprint density at radius 1 is 1.42 bits per heavy atom. The Morgan fingerprint density at radius 2 is 2.00 bits per heavy atom. The molecule has 1 aliphatic heterocycles. The standard InChI is InChI=1S/C8H11IN2O/c1-4(2)7-10-5(3)6(9)8(12)11-7/h4,6H,1-3H3. The molecule has 1 atom stereocenters. The Morgan fingerprint density at radius 3 is 2.42 bits per heavy atom. The van der Waals surface area contributed by atoms with Crippen molar-refractivity contribution in [2.45, 2.75) is 24.7 Å². The normalized spacial score (nSPS) is 24.1. The minimum atomic E-state index is -0.162. The molecule has 0 bridgehead atoms. The van der Waals surface area contributed by atoms with E-state index in [1.54, 1.807) is 0 Å². The highest BCUT2D eigenvalue weighted by Crippen LogP contribution is 2.14. The van der Waals surface area contributed by atoms with Crippen LogP contribution in [0.25, 0.3) is 0 Å². The van der Waals surface area contributed by atoms with Gasteiger partial charge in [0.2, 0.25) is 0 Å². The van der Waals surface area contributed by atoms with E-state index in [0.717, 1.165) is 5.71 Å². The molecule has 0 radical (unpaired) electrons. The van der Waals surface area contributed by atoms with Crippen LogP contribution in [0.2, 0.25) is 0 Å². The average molecular weight is 278 g/mol. The Kier molecular flexibility index (Phi) is 2.98. The van der Waals surface area contributed by atoms with Crippen LogP contribution in [0.5, 0.6) is 0 Å². The van der Waals surface area contributed by atoms with Crippen LogP contribution in [-0.4, -0.2) is 21.4 Å². The molecule has 66 valence electrons. The fourth-order valence-corrected chi connectivity index (χ4v) is 1.15. The lowest BCUT2D eigenvalue weighted by molar-refractivity contribution is -0.116. The van der Waals surface area contributed by atoms with E-state index in [-0.39, 0.29) is 15.7 Å². The number of alkyl halides is 1. The Balaban J connectivity index is 2.95. The lowest BCUT2D eigenvalue weighted by atomic mass is 10.1. The second kappa shape index (κ2) is 3.64. The van der Waals surface area contributed by atoms with Crippen LogP contribution in [0.3, 0.4) is 0 Å². The summed E-state index contributed by atoms with van der Waals surface area (Å²) in [6.45, 7) is 5.83. The Labute approximate surface area is 85.5 Å². The Bertz CT molecular complexity index is 268. The van der Waals surface area contributed by atoms with Gasteiger partial charge >= 0.3 is 0 Å². The molecule has 1 amide bonds. The van der Waals surface area contributed by atoms with Gasteiger partial charge in [0.05, 0.1) is 0 Å². The highest BCUT2D eigenvalue weighted by molar-refractivity contribution is 14.1. The van der Waals surface area contributed by atoms with Gasteiger partial charge in [-0.3, -0.25) is 4.79 Å². The second-order valence-corrected chi connectivity index (χ2v) is 4.32. The molecule has 0 aromatic rings. The van der Waals surface area contributed by atoms with Crippen LogP contribution in [0.15, 0.2) is 9.98 Å². The van der Waals surface area contributed by atoms with Gasteiger partial charge < -0.3 is 0 Å². The SMILES string of the molecule is CC1=NC(C(C)C)=NC(=O)C1I. The van der Waals surface area contributed by atoms with Crippen molar-refractivity contribution in [3.8, 4) is 0 Å². The number of hydrogen-bond donors (Lipinski definition) is 0. The molecular weight excluding hydrogens is 267 g/mol. The van der Waals surface area contributed by atoms with Crippen molar-refractivity contribution >= 4 is 40.0 Å². The highest BCUT2D eigenvalue weighted by Gasteiger charge is 2.23. The van der Waals surface area contributed by atoms with E-state index >= 15 is 0 Å². The van der Waals surface area contributed by atoms with E-state index in [1.807, 2.05) is 20.8 Å². The van der Waals surface area contributed by atoms with Crippen molar-refractivity contribution in [2.75, 3.05) is 0 Å². The summed E-state index contributed by atoms with van der Waals surface area (Å²) in [5.41, 5.74) is 0.860. The number of halogens is 1. The fourth-order valence-electron chi connectivity index (χ4n) is 0.869. The fraction of sp³-hybridized carbons (Fsp3) is 0.625. The quantitative estimate of drug-likeness (QED) is 0.533. The van der Waals surface area contributed by atoms with Crippen molar-refractivity contribution in [3.05, 3.63) is 0 Å². The van der Waals surface area contributed by atoms with Crippen LogP contribution in [0.4, 0.5) is 0 Å². The zero-order chi connectivity index (χ0) is 9.30. The first-order valence-corrected chi connectivity index (χ1v) is 5.08. The molecule has 0 aromatic heterocycles.